The summed E-state index contributed by atoms with van der Waals surface area (Å²) < 4.78 is 44.1. The molecule has 1 aliphatic carbocycles. The molecular formula is C22H27FN4O3S2. The normalized spacial score (nSPS) is 21.0. The van der Waals surface area contributed by atoms with Gasteiger partial charge in [-0.1, -0.05) is 29.5 Å². The van der Waals surface area contributed by atoms with Crippen LogP contribution in [-0.2, 0) is 21.3 Å². The second-order valence-corrected chi connectivity index (χ2v) is 10.8. The standard InChI is InChI=1S/C22H27FN4O3S2/c1-27-21(19-6-3-4-8-20(19)23)25-26-22(27)31-11-5-7-18-15-9-10-24-14-16(18)13-17(12-15)30-32(2,28)29/h3-4,6,8,12-13,16,18,24H,5,7,9-11,14H2,1-2H3. The van der Waals surface area contributed by atoms with Crippen LogP contribution in [0, 0.1) is 17.7 Å². The first kappa shape index (κ1) is 23.0. The van der Waals surface area contributed by atoms with Crippen LogP contribution in [0.3, 0.4) is 0 Å². The molecule has 1 N–H and O–H groups in total. The van der Waals surface area contributed by atoms with E-state index < -0.39 is 10.1 Å². The molecule has 7 nitrogen and oxygen atoms in total. The van der Waals surface area contributed by atoms with Crippen molar-refractivity contribution in [2.75, 3.05) is 25.1 Å². The van der Waals surface area contributed by atoms with Gasteiger partial charge in [-0.05, 0) is 61.9 Å². The zero-order valence-corrected chi connectivity index (χ0v) is 19.8. The second-order valence-electron chi connectivity index (χ2n) is 8.14. The molecule has 1 saturated heterocycles. The summed E-state index contributed by atoms with van der Waals surface area (Å²) in [6.45, 7) is 1.69. The summed E-state index contributed by atoms with van der Waals surface area (Å²) in [6, 6.07) is 6.57. The Hall–Kier alpha value is -2.17. The van der Waals surface area contributed by atoms with E-state index in [0.717, 1.165) is 49.5 Å². The predicted octanol–water partition coefficient (Wildman–Crippen LogP) is 3.52. The number of hydrogen-bond donors (Lipinski definition) is 1. The second kappa shape index (κ2) is 9.76. The van der Waals surface area contributed by atoms with Crippen LogP contribution in [0.1, 0.15) is 19.3 Å². The molecule has 4 rings (SSSR count). The fraction of sp³-hybridized carbons (Fsp3) is 0.455. The molecule has 1 fully saturated rings. The van der Waals surface area contributed by atoms with Crippen LogP contribution in [-0.4, -0.2) is 48.3 Å². The maximum atomic E-state index is 14.1. The number of hydrogen-bond acceptors (Lipinski definition) is 7. The number of benzene rings is 1. The highest BCUT2D eigenvalue weighted by Crippen LogP contribution is 2.37. The summed E-state index contributed by atoms with van der Waals surface area (Å²) in [5.74, 6) is 2.08. The maximum Gasteiger partial charge on any atom is 0.306 e. The summed E-state index contributed by atoms with van der Waals surface area (Å²) >= 11 is 1.61. The fourth-order valence-corrected chi connectivity index (χ4v) is 5.64. The highest BCUT2D eigenvalue weighted by atomic mass is 32.2. The molecule has 2 heterocycles. The van der Waals surface area contributed by atoms with Crippen LogP contribution in [0.4, 0.5) is 4.39 Å². The third-order valence-electron chi connectivity index (χ3n) is 5.76. The molecule has 172 valence electrons. The molecule has 2 atom stereocenters. The minimum Gasteiger partial charge on any atom is -0.383 e. The zero-order valence-electron chi connectivity index (χ0n) is 18.1. The van der Waals surface area contributed by atoms with Gasteiger partial charge in [-0.2, -0.15) is 8.42 Å². The first-order valence-corrected chi connectivity index (χ1v) is 13.4. The van der Waals surface area contributed by atoms with E-state index in [0.29, 0.717) is 23.1 Å². The molecule has 32 heavy (non-hydrogen) atoms. The van der Waals surface area contributed by atoms with E-state index in [1.807, 2.05) is 23.8 Å². The number of allylic oxidation sites excluding steroid dienone is 1. The van der Waals surface area contributed by atoms with Gasteiger partial charge in [0.15, 0.2) is 11.0 Å². The van der Waals surface area contributed by atoms with Crippen molar-refractivity contribution >= 4 is 21.9 Å². The molecule has 2 unspecified atom stereocenters. The van der Waals surface area contributed by atoms with Gasteiger partial charge < -0.3 is 14.1 Å². The number of rotatable bonds is 8. The van der Waals surface area contributed by atoms with Crippen LogP contribution >= 0.6 is 11.8 Å². The Labute approximate surface area is 192 Å². The van der Waals surface area contributed by atoms with Gasteiger partial charge >= 0.3 is 10.1 Å². The average Bonchev–Trinajstić information content (AvgIpc) is 3.03. The Morgan fingerprint density at radius 2 is 2.12 bits per heavy atom. The number of nitrogens with one attached hydrogen (secondary N) is 1. The largest absolute Gasteiger partial charge is 0.383 e. The Kier molecular flexibility index (Phi) is 7.02. The van der Waals surface area contributed by atoms with Crippen LogP contribution < -0.4 is 5.32 Å². The lowest BCUT2D eigenvalue weighted by molar-refractivity contribution is 0.374. The summed E-state index contributed by atoms with van der Waals surface area (Å²) in [5.41, 5.74) is 1.69. The van der Waals surface area contributed by atoms with Gasteiger partial charge in [0.05, 0.1) is 11.8 Å². The predicted molar refractivity (Wildman–Crippen MR) is 123 cm³/mol. The zero-order chi connectivity index (χ0) is 22.7. The summed E-state index contributed by atoms with van der Waals surface area (Å²) in [5, 5.41) is 12.6. The molecule has 2 bridgehead atoms. The molecule has 10 heteroatoms. The maximum absolute atomic E-state index is 14.1. The van der Waals surface area contributed by atoms with E-state index in [4.69, 9.17) is 4.18 Å². The van der Waals surface area contributed by atoms with Crippen molar-refractivity contribution in [3.8, 4) is 11.4 Å². The number of thioether (sulfide) groups is 1. The lowest BCUT2D eigenvalue weighted by Crippen LogP contribution is -2.26. The smallest absolute Gasteiger partial charge is 0.306 e. The third-order valence-corrected chi connectivity index (χ3v) is 7.36. The Balaban J connectivity index is 1.36. The first-order chi connectivity index (χ1) is 15.3. The van der Waals surface area contributed by atoms with Gasteiger partial charge in [-0.15, -0.1) is 10.2 Å². The van der Waals surface area contributed by atoms with E-state index in [2.05, 4.69) is 15.5 Å². The van der Waals surface area contributed by atoms with E-state index >= 15 is 0 Å². The van der Waals surface area contributed by atoms with Crippen molar-refractivity contribution in [2.45, 2.75) is 24.4 Å². The van der Waals surface area contributed by atoms with Crippen LogP contribution in [0.5, 0.6) is 0 Å². The van der Waals surface area contributed by atoms with Crippen molar-refractivity contribution in [3.63, 3.8) is 0 Å². The topological polar surface area (TPSA) is 86.1 Å². The van der Waals surface area contributed by atoms with Gasteiger partial charge in [0.25, 0.3) is 0 Å². The highest BCUT2D eigenvalue weighted by Gasteiger charge is 2.30. The molecule has 0 radical (unpaired) electrons. The lowest BCUT2D eigenvalue weighted by atomic mass is 9.78. The molecule has 0 amide bonds. The van der Waals surface area contributed by atoms with Crippen molar-refractivity contribution in [1.29, 1.82) is 0 Å². The average molecular weight is 479 g/mol. The third kappa shape index (κ3) is 5.41. The fourth-order valence-electron chi connectivity index (χ4n) is 4.31. The minimum atomic E-state index is -3.54. The minimum absolute atomic E-state index is 0.210. The Morgan fingerprint density at radius 1 is 1.31 bits per heavy atom. The summed E-state index contributed by atoms with van der Waals surface area (Å²) in [7, 11) is -1.68. The van der Waals surface area contributed by atoms with Crippen molar-refractivity contribution in [1.82, 2.24) is 20.1 Å². The number of aromatic nitrogens is 3. The molecule has 2 aliphatic rings. The molecule has 0 saturated carbocycles. The van der Waals surface area contributed by atoms with Gasteiger partial charge in [-0.3, -0.25) is 0 Å². The molecule has 1 aliphatic heterocycles. The van der Waals surface area contributed by atoms with Crippen LogP contribution in [0.2, 0.25) is 0 Å². The monoisotopic (exact) mass is 478 g/mol. The molecule has 0 spiro atoms. The number of nitrogens with zero attached hydrogens (tertiary/aromatic N) is 3. The molecule has 2 aromatic rings. The lowest BCUT2D eigenvalue weighted by Gasteiger charge is -2.28. The Bertz CT molecular complexity index is 1140. The van der Waals surface area contributed by atoms with E-state index in [1.165, 1.54) is 11.6 Å². The molecule has 1 aromatic carbocycles. The van der Waals surface area contributed by atoms with Gasteiger partial charge in [0, 0.05) is 19.3 Å². The Morgan fingerprint density at radius 3 is 2.91 bits per heavy atom. The summed E-state index contributed by atoms with van der Waals surface area (Å²) in [6.07, 6.45) is 7.75. The first-order valence-electron chi connectivity index (χ1n) is 10.6. The quantitative estimate of drug-likeness (QED) is 0.353. The molecular weight excluding hydrogens is 451 g/mol. The van der Waals surface area contributed by atoms with Crippen molar-refractivity contribution < 1.29 is 17.0 Å². The van der Waals surface area contributed by atoms with Crippen LogP contribution in [0.25, 0.3) is 11.4 Å². The van der Waals surface area contributed by atoms with Gasteiger partial charge in [0.1, 0.15) is 11.6 Å². The summed E-state index contributed by atoms with van der Waals surface area (Å²) in [4.78, 5) is 0. The highest BCUT2D eigenvalue weighted by molar-refractivity contribution is 7.99. The van der Waals surface area contributed by atoms with E-state index in [9.17, 15) is 12.8 Å². The van der Waals surface area contributed by atoms with Crippen molar-refractivity contribution in [3.05, 3.63) is 53.6 Å². The van der Waals surface area contributed by atoms with Crippen molar-refractivity contribution in [2.24, 2.45) is 18.9 Å². The molecule has 1 aromatic heterocycles. The SMILES string of the molecule is Cn1c(SCCCC2C3=CC(OS(C)(=O)=O)=CC2CNCC3)nnc1-c1ccccc1F. The van der Waals surface area contributed by atoms with E-state index in [-0.39, 0.29) is 11.7 Å². The van der Waals surface area contributed by atoms with Crippen LogP contribution in [0.15, 0.2) is 52.9 Å². The number of fused-ring (bicyclic) bond motifs is 2. The van der Waals surface area contributed by atoms with Gasteiger partial charge in [0.2, 0.25) is 0 Å². The van der Waals surface area contributed by atoms with E-state index in [1.54, 1.807) is 30.0 Å². The van der Waals surface area contributed by atoms with Gasteiger partial charge in [-0.25, -0.2) is 4.39 Å². The number of halogens is 1.